The third-order valence-corrected chi connectivity index (χ3v) is 6.13. The molecule has 5 rings (SSSR count). The van der Waals surface area contributed by atoms with Crippen molar-refractivity contribution in [3.8, 4) is 0 Å². The molecule has 0 bridgehead atoms. The predicted octanol–water partition coefficient (Wildman–Crippen LogP) is 2.57. The summed E-state index contributed by atoms with van der Waals surface area (Å²) in [4.78, 5) is 42.8. The molecular formula is C23H25N5O3. The number of fused-ring (bicyclic) bond motifs is 2. The molecule has 2 aliphatic rings. The van der Waals surface area contributed by atoms with E-state index < -0.39 is 0 Å². The number of carbonyl (C=O) groups excluding carboxylic acids is 1. The Bertz CT molecular complexity index is 1240. The normalized spacial score (nSPS) is 16.7. The minimum absolute atomic E-state index is 0.0925. The number of ether oxygens (including phenoxy) is 1. The van der Waals surface area contributed by atoms with Gasteiger partial charge in [-0.25, -0.2) is 9.78 Å². The number of para-hydroxylation sites is 1. The number of carbonyl (C=O) groups is 1. The molecule has 2 aliphatic heterocycles. The standard InChI is InChI=1S/C23H25N5O3/c1-31-23(30)20-15(14-6-2-3-7-17(14)25-20)12-28-11-9-18-16(13-28)22(29)27-21(26-18)19-8-4-5-10-24-19/h2-3,6-7,25H,4-5,8-13H2,1H3,(H,26,27,29). The van der Waals surface area contributed by atoms with Crippen molar-refractivity contribution in [1.29, 1.82) is 0 Å². The molecule has 0 saturated carbocycles. The molecule has 8 heteroatoms. The Morgan fingerprint density at radius 1 is 1.19 bits per heavy atom. The number of hydrogen-bond acceptors (Lipinski definition) is 6. The zero-order valence-electron chi connectivity index (χ0n) is 17.5. The van der Waals surface area contributed by atoms with Crippen molar-refractivity contribution in [2.45, 2.75) is 38.8 Å². The highest BCUT2D eigenvalue weighted by Gasteiger charge is 2.26. The zero-order valence-corrected chi connectivity index (χ0v) is 17.5. The molecule has 4 heterocycles. The fourth-order valence-electron chi connectivity index (χ4n) is 4.51. The molecule has 1 aromatic carbocycles. The number of aromatic nitrogens is 3. The first-order chi connectivity index (χ1) is 15.1. The van der Waals surface area contributed by atoms with Gasteiger partial charge in [-0.05, 0) is 25.3 Å². The third-order valence-electron chi connectivity index (χ3n) is 6.13. The highest BCUT2D eigenvalue weighted by molar-refractivity contribution is 5.98. The molecule has 0 saturated heterocycles. The number of benzene rings is 1. The van der Waals surface area contributed by atoms with Crippen LogP contribution < -0.4 is 5.56 Å². The Labute approximate surface area is 179 Å². The van der Waals surface area contributed by atoms with Crippen molar-refractivity contribution in [3.63, 3.8) is 0 Å². The van der Waals surface area contributed by atoms with Gasteiger partial charge in [0.2, 0.25) is 0 Å². The number of hydrogen-bond donors (Lipinski definition) is 2. The Hall–Kier alpha value is -3.26. The van der Waals surface area contributed by atoms with Crippen molar-refractivity contribution in [3.05, 3.63) is 63.0 Å². The second-order valence-corrected chi connectivity index (χ2v) is 8.10. The highest BCUT2D eigenvalue weighted by atomic mass is 16.5. The van der Waals surface area contributed by atoms with Crippen molar-refractivity contribution < 1.29 is 9.53 Å². The molecule has 0 aliphatic carbocycles. The summed E-state index contributed by atoms with van der Waals surface area (Å²) < 4.78 is 4.98. The molecule has 0 atom stereocenters. The van der Waals surface area contributed by atoms with Crippen molar-refractivity contribution in [2.24, 2.45) is 4.99 Å². The molecule has 2 N–H and O–H groups in total. The van der Waals surface area contributed by atoms with Gasteiger partial charge in [0.1, 0.15) is 5.69 Å². The summed E-state index contributed by atoms with van der Waals surface area (Å²) in [5.74, 6) is 0.238. The number of aromatic amines is 2. The van der Waals surface area contributed by atoms with Gasteiger partial charge in [0.15, 0.2) is 5.82 Å². The first-order valence-electron chi connectivity index (χ1n) is 10.7. The quantitative estimate of drug-likeness (QED) is 0.633. The average Bonchev–Trinajstić information content (AvgIpc) is 3.18. The number of nitrogens with one attached hydrogen (secondary N) is 2. The van der Waals surface area contributed by atoms with Gasteiger partial charge >= 0.3 is 5.97 Å². The SMILES string of the molecule is COC(=O)c1[nH]c2ccccc2c1CN1CCc2nc(C3=NCCCC3)[nH]c(=O)c2C1. The Balaban J connectivity index is 1.44. The van der Waals surface area contributed by atoms with E-state index in [-0.39, 0.29) is 11.5 Å². The number of esters is 1. The van der Waals surface area contributed by atoms with E-state index >= 15 is 0 Å². The molecule has 0 fully saturated rings. The lowest BCUT2D eigenvalue weighted by Gasteiger charge is -2.28. The smallest absolute Gasteiger partial charge is 0.354 e. The highest BCUT2D eigenvalue weighted by Crippen LogP contribution is 2.26. The minimum Gasteiger partial charge on any atom is -0.464 e. The molecular weight excluding hydrogens is 394 g/mol. The fraction of sp³-hybridized carbons (Fsp3) is 0.391. The van der Waals surface area contributed by atoms with E-state index in [1.54, 1.807) is 0 Å². The van der Waals surface area contributed by atoms with Crippen LogP contribution in [-0.2, 0) is 24.2 Å². The van der Waals surface area contributed by atoms with E-state index in [1.807, 2.05) is 24.3 Å². The van der Waals surface area contributed by atoms with Crippen molar-refractivity contribution in [2.75, 3.05) is 20.2 Å². The molecule has 2 aromatic heterocycles. The van der Waals surface area contributed by atoms with Gasteiger partial charge in [-0.1, -0.05) is 18.2 Å². The van der Waals surface area contributed by atoms with Crippen LogP contribution in [0.3, 0.4) is 0 Å². The van der Waals surface area contributed by atoms with E-state index in [4.69, 9.17) is 9.72 Å². The second kappa shape index (κ2) is 8.11. The maximum Gasteiger partial charge on any atom is 0.354 e. The lowest BCUT2D eigenvalue weighted by molar-refractivity contribution is 0.0592. The van der Waals surface area contributed by atoms with Gasteiger partial charge in [0, 0.05) is 49.1 Å². The fourth-order valence-corrected chi connectivity index (χ4v) is 4.51. The lowest BCUT2D eigenvalue weighted by atomic mass is 10.0. The molecule has 0 radical (unpaired) electrons. The van der Waals surface area contributed by atoms with Crippen molar-refractivity contribution >= 4 is 22.6 Å². The average molecular weight is 419 g/mol. The van der Waals surface area contributed by atoms with E-state index in [0.717, 1.165) is 60.2 Å². The van der Waals surface area contributed by atoms with Crippen LogP contribution in [0.15, 0.2) is 34.1 Å². The summed E-state index contributed by atoms with van der Waals surface area (Å²) in [5, 5.41) is 0.992. The molecule has 0 unspecified atom stereocenters. The van der Waals surface area contributed by atoms with E-state index in [0.29, 0.717) is 36.6 Å². The van der Waals surface area contributed by atoms with Gasteiger partial charge in [-0.15, -0.1) is 0 Å². The summed E-state index contributed by atoms with van der Waals surface area (Å²) >= 11 is 0. The molecule has 8 nitrogen and oxygen atoms in total. The number of rotatable bonds is 4. The largest absolute Gasteiger partial charge is 0.464 e. The summed E-state index contributed by atoms with van der Waals surface area (Å²) in [5.41, 5.74) is 4.63. The maximum absolute atomic E-state index is 12.9. The van der Waals surface area contributed by atoms with Crippen LogP contribution in [0.2, 0.25) is 0 Å². The van der Waals surface area contributed by atoms with Crippen LogP contribution >= 0.6 is 0 Å². The van der Waals surface area contributed by atoms with Gasteiger partial charge in [-0.3, -0.25) is 14.7 Å². The Morgan fingerprint density at radius 3 is 2.87 bits per heavy atom. The van der Waals surface area contributed by atoms with E-state index in [1.165, 1.54) is 7.11 Å². The summed E-state index contributed by atoms with van der Waals surface area (Å²) in [6.07, 6.45) is 3.73. The summed E-state index contributed by atoms with van der Waals surface area (Å²) in [6, 6.07) is 7.83. The lowest BCUT2D eigenvalue weighted by Crippen LogP contribution is -2.36. The topological polar surface area (TPSA) is 103 Å². The number of methoxy groups -OCH3 is 1. The number of aliphatic imine (C=N–C) groups is 1. The van der Waals surface area contributed by atoms with Gasteiger partial charge < -0.3 is 14.7 Å². The monoisotopic (exact) mass is 419 g/mol. The predicted molar refractivity (Wildman–Crippen MR) is 118 cm³/mol. The summed E-state index contributed by atoms with van der Waals surface area (Å²) in [7, 11) is 1.38. The van der Waals surface area contributed by atoms with Crippen molar-refractivity contribution in [1.82, 2.24) is 19.9 Å². The van der Waals surface area contributed by atoms with Crippen LogP contribution in [0.5, 0.6) is 0 Å². The van der Waals surface area contributed by atoms with Crippen LogP contribution in [-0.4, -0.2) is 51.7 Å². The second-order valence-electron chi connectivity index (χ2n) is 8.10. The first-order valence-corrected chi connectivity index (χ1v) is 10.7. The van der Waals surface area contributed by atoms with Crippen LogP contribution in [0.25, 0.3) is 10.9 Å². The van der Waals surface area contributed by atoms with Crippen LogP contribution in [0.4, 0.5) is 0 Å². The Kier molecular flexibility index (Phi) is 5.15. The van der Waals surface area contributed by atoms with Gasteiger partial charge in [0.25, 0.3) is 5.56 Å². The van der Waals surface area contributed by atoms with Crippen LogP contribution in [0, 0.1) is 0 Å². The molecule has 0 spiro atoms. The third kappa shape index (κ3) is 3.67. The molecule has 3 aromatic rings. The van der Waals surface area contributed by atoms with Gasteiger partial charge in [-0.2, -0.15) is 0 Å². The van der Waals surface area contributed by atoms with Gasteiger partial charge in [0.05, 0.1) is 24.1 Å². The molecule has 31 heavy (non-hydrogen) atoms. The van der Waals surface area contributed by atoms with E-state index in [2.05, 4.69) is 19.9 Å². The zero-order chi connectivity index (χ0) is 21.4. The van der Waals surface area contributed by atoms with E-state index in [9.17, 15) is 9.59 Å². The first kappa shape index (κ1) is 19.7. The Morgan fingerprint density at radius 2 is 2.06 bits per heavy atom. The van der Waals surface area contributed by atoms with Crippen LogP contribution in [0.1, 0.15) is 52.4 Å². The molecule has 0 amide bonds. The maximum atomic E-state index is 12.9. The number of nitrogens with zero attached hydrogens (tertiary/aromatic N) is 3. The number of H-pyrrole nitrogens is 2. The summed E-state index contributed by atoms with van der Waals surface area (Å²) in [6.45, 7) is 2.60. The minimum atomic E-state index is -0.388. The molecule has 160 valence electrons.